The molecule has 1 heterocycles. The second-order valence-corrected chi connectivity index (χ2v) is 4.82. The molecule has 0 unspecified atom stereocenters. The quantitative estimate of drug-likeness (QED) is 0.376. The van der Waals surface area contributed by atoms with Gasteiger partial charge in [0.05, 0.1) is 0 Å². The first-order valence-electron chi connectivity index (χ1n) is 6.56. The van der Waals surface area contributed by atoms with Gasteiger partial charge >= 0.3 is 26.8 Å². The van der Waals surface area contributed by atoms with Crippen molar-refractivity contribution in [2.24, 2.45) is 0 Å². The fourth-order valence-electron chi connectivity index (χ4n) is 0.581. The van der Waals surface area contributed by atoms with Crippen LogP contribution in [-0.2, 0) is 19.2 Å². The van der Waals surface area contributed by atoms with Crippen LogP contribution in [0.1, 0.15) is 48.0 Å². The molecule has 0 aliphatic heterocycles. The third-order valence-electron chi connectivity index (χ3n) is 1.03. The summed E-state index contributed by atoms with van der Waals surface area (Å²) >= 11 is 2.03. The standard InChI is InChI=1S/C5H5.C4H4N.2C4H9.2CH3.2ClH.H2Si.Ti/c2*1-2-4-5-3-1;2*1-4(2)3;;;;;;/h1-3H,4H2;1-3,5H;2*1-3H3;2*1H3;2*1H;1H2;/q6*-1;;;;. The number of aromatic nitrogens is 1. The first kappa shape index (κ1) is 44.1. The number of allylic oxidation sites excluding steroid dienone is 4. The predicted molar refractivity (Wildman–Crippen MR) is 118 cm³/mol. The number of rotatable bonds is 0. The second-order valence-electron chi connectivity index (χ2n) is 4.82. The van der Waals surface area contributed by atoms with Crippen molar-refractivity contribution in [3.05, 3.63) is 75.5 Å². The molecule has 1 aliphatic rings. The maximum atomic E-state index is 2.99. The van der Waals surface area contributed by atoms with E-state index in [1.165, 1.54) is 11.8 Å². The van der Waals surface area contributed by atoms with Crippen LogP contribution in [0.3, 0.4) is 0 Å². The SMILES string of the molecule is C[C-](C)C.C[C-](C)C.Cl.Cl.[C-]1=CC=CC1.[CH3-].[CH3-].[SiH2]=[Ti].[c-]1ccc[nH]1. The Morgan fingerprint density at radius 1 is 0.958 bits per heavy atom. The molecule has 0 aromatic carbocycles. The van der Waals surface area contributed by atoms with Gasteiger partial charge in [0.1, 0.15) is 0 Å². The molecule has 5 heteroatoms. The third kappa shape index (κ3) is 95.5. The van der Waals surface area contributed by atoms with Gasteiger partial charge < -0.3 is 31.7 Å². The van der Waals surface area contributed by atoms with E-state index in [0.717, 1.165) is 6.42 Å². The van der Waals surface area contributed by atoms with Crippen LogP contribution in [0.15, 0.2) is 36.6 Å². The minimum Gasteiger partial charge on any atom is -0.484 e. The summed E-state index contributed by atoms with van der Waals surface area (Å²) in [6.07, 6.45) is 14.6. The van der Waals surface area contributed by atoms with Gasteiger partial charge in [-0.2, -0.15) is 65.9 Å². The average molecular weight is 426 g/mol. The first-order chi connectivity index (χ1) is 9.46. The van der Waals surface area contributed by atoms with Crippen molar-refractivity contribution >= 4 is 32.4 Å². The molecule has 24 heavy (non-hydrogen) atoms. The average Bonchev–Trinajstić information content (AvgIpc) is 3.09. The Morgan fingerprint density at radius 3 is 1.46 bits per heavy atom. The summed E-state index contributed by atoms with van der Waals surface area (Å²) in [5.41, 5.74) is 0. The minimum absolute atomic E-state index is 0. The Hall–Kier alpha value is 0.271. The van der Waals surface area contributed by atoms with Gasteiger partial charge in [0.15, 0.2) is 0 Å². The molecule has 0 amide bonds. The van der Waals surface area contributed by atoms with Gasteiger partial charge in [-0.3, -0.25) is 6.08 Å². The molecular formula is C19H37Cl2NSiTi-6. The van der Waals surface area contributed by atoms with E-state index in [4.69, 9.17) is 0 Å². The summed E-state index contributed by atoms with van der Waals surface area (Å²) in [5, 5.41) is 0. The molecule has 1 aliphatic carbocycles. The van der Waals surface area contributed by atoms with Gasteiger partial charge in [-0.1, -0.05) is 0 Å². The van der Waals surface area contributed by atoms with Crippen molar-refractivity contribution in [1.82, 2.24) is 4.98 Å². The molecule has 0 bridgehead atoms. The summed E-state index contributed by atoms with van der Waals surface area (Å²) < 4.78 is 0. The zero-order valence-electron chi connectivity index (χ0n) is 16.7. The Balaban J connectivity index is -0.0000000296. The molecule has 0 fully saturated rings. The molecule has 1 aromatic rings. The number of aromatic amines is 1. The van der Waals surface area contributed by atoms with Crippen LogP contribution in [0.25, 0.3) is 0 Å². The van der Waals surface area contributed by atoms with Crippen LogP contribution >= 0.6 is 24.8 Å². The molecule has 146 valence electrons. The van der Waals surface area contributed by atoms with Crippen molar-refractivity contribution in [2.75, 3.05) is 0 Å². The van der Waals surface area contributed by atoms with Gasteiger partial charge in [-0.25, -0.2) is 12.2 Å². The maximum Gasteiger partial charge on any atom is -0.108 e. The molecule has 0 saturated heterocycles. The largest absolute Gasteiger partial charge is 0.484 e. The van der Waals surface area contributed by atoms with E-state index in [9.17, 15) is 0 Å². The zero-order chi connectivity index (χ0) is 16.2. The fraction of sp³-hybridized carbons (Fsp3) is 0.368. The molecule has 0 spiro atoms. The summed E-state index contributed by atoms with van der Waals surface area (Å²) in [6.45, 7) is 12.5. The summed E-state index contributed by atoms with van der Waals surface area (Å²) in [6, 6.07) is 3.71. The van der Waals surface area contributed by atoms with E-state index in [1.54, 1.807) is 0 Å². The molecule has 1 aromatic heterocycles. The van der Waals surface area contributed by atoms with Gasteiger partial charge in [0.2, 0.25) is 0 Å². The maximum absolute atomic E-state index is 2.99. The van der Waals surface area contributed by atoms with Crippen molar-refractivity contribution < 1.29 is 19.2 Å². The number of hydrogen-bond acceptors (Lipinski definition) is 0. The first-order valence-corrected chi connectivity index (χ1v) is 10.6. The number of hydrogen-bond donors (Lipinski definition) is 1. The van der Waals surface area contributed by atoms with Crippen LogP contribution in [0, 0.1) is 39.0 Å². The molecule has 1 nitrogen and oxygen atoms in total. The Labute approximate surface area is 179 Å². The van der Waals surface area contributed by atoms with E-state index >= 15 is 0 Å². The van der Waals surface area contributed by atoms with Crippen molar-refractivity contribution in [2.45, 2.75) is 48.0 Å². The third-order valence-corrected chi connectivity index (χ3v) is 1.03. The van der Waals surface area contributed by atoms with Crippen LogP contribution in [-0.4, -0.2) is 12.6 Å². The van der Waals surface area contributed by atoms with Gasteiger partial charge in [-0.15, -0.1) is 37.4 Å². The zero-order valence-corrected chi connectivity index (χ0v) is 21.3. The Morgan fingerprint density at radius 2 is 1.38 bits per heavy atom. The van der Waals surface area contributed by atoms with Gasteiger partial charge in [-0.05, 0) is 0 Å². The van der Waals surface area contributed by atoms with Crippen LogP contribution in [0.5, 0.6) is 0 Å². The molecule has 0 radical (unpaired) electrons. The summed E-state index contributed by atoms with van der Waals surface area (Å²) in [7, 11) is 1.86. The molecule has 0 saturated carbocycles. The predicted octanol–water partition coefficient (Wildman–Crippen LogP) is 6.19. The number of nitrogens with one attached hydrogen (secondary N) is 1. The fourth-order valence-corrected chi connectivity index (χ4v) is 0.581. The monoisotopic (exact) mass is 425 g/mol. The van der Waals surface area contributed by atoms with E-state index < -0.39 is 0 Å². The normalized spacial score (nSPS) is 8.46. The molecule has 2 rings (SSSR count). The summed E-state index contributed by atoms with van der Waals surface area (Å²) in [5.74, 6) is 2.83. The van der Waals surface area contributed by atoms with Gasteiger partial charge in [0, 0.05) is 0 Å². The molecule has 1 N–H and O–H groups in total. The van der Waals surface area contributed by atoms with Crippen molar-refractivity contribution in [3.8, 4) is 0 Å². The van der Waals surface area contributed by atoms with E-state index in [1.807, 2.05) is 57.3 Å². The second kappa shape index (κ2) is 43.6. The number of H-pyrrole nitrogens is 1. The van der Waals surface area contributed by atoms with E-state index in [-0.39, 0.29) is 39.7 Å². The van der Waals surface area contributed by atoms with Crippen LogP contribution < -0.4 is 0 Å². The smallest absolute Gasteiger partial charge is 0.108 e. The van der Waals surface area contributed by atoms with E-state index in [2.05, 4.69) is 64.9 Å². The Bertz CT molecular complexity index is 262. The van der Waals surface area contributed by atoms with Crippen LogP contribution in [0.4, 0.5) is 0 Å². The van der Waals surface area contributed by atoms with Crippen molar-refractivity contribution in [3.63, 3.8) is 0 Å². The summed E-state index contributed by atoms with van der Waals surface area (Å²) in [4.78, 5) is 2.74. The van der Waals surface area contributed by atoms with Crippen LogP contribution in [0.2, 0.25) is 0 Å². The van der Waals surface area contributed by atoms with Crippen molar-refractivity contribution in [1.29, 1.82) is 0 Å². The minimum atomic E-state index is 0. The van der Waals surface area contributed by atoms with E-state index in [0.29, 0.717) is 0 Å². The molecular weight excluding hydrogens is 389 g/mol. The number of halogens is 2. The van der Waals surface area contributed by atoms with Gasteiger partial charge in [0.25, 0.3) is 0 Å². The Kier molecular flexibility index (Phi) is 80.0. The molecule has 0 atom stereocenters. The topological polar surface area (TPSA) is 15.8 Å².